The number of benzene rings is 2. The summed E-state index contributed by atoms with van der Waals surface area (Å²) in [4.78, 5) is 0. The molecule has 2 nitrogen and oxygen atoms in total. The highest BCUT2D eigenvalue weighted by molar-refractivity contribution is 9.10. The lowest BCUT2D eigenvalue weighted by Gasteiger charge is -2.17. The third kappa shape index (κ3) is 3.62. The number of aryl methyl sites for hydroxylation is 1. The predicted octanol–water partition coefficient (Wildman–Crippen LogP) is 4.59. The largest absolute Gasteiger partial charge is 0.491 e. The summed E-state index contributed by atoms with van der Waals surface area (Å²) in [5.74, 6) is 0.877. The number of ether oxygens (including phenoxy) is 1. The highest BCUT2D eigenvalue weighted by Crippen LogP contribution is 2.27. The number of nitrogens with two attached hydrogens (primary N) is 1. The van der Waals surface area contributed by atoms with Crippen molar-refractivity contribution in [2.45, 2.75) is 32.9 Å². The summed E-state index contributed by atoms with van der Waals surface area (Å²) in [6.07, 6.45) is 0.182. The van der Waals surface area contributed by atoms with Gasteiger partial charge in [0.05, 0.1) is 12.1 Å². The van der Waals surface area contributed by atoms with Gasteiger partial charge in [-0.3, -0.25) is 0 Å². The van der Waals surface area contributed by atoms with Gasteiger partial charge in [0.2, 0.25) is 0 Å². The van der Waals surface area contributed by atoms with Gasteiger partial charge in [0.25, 0.3) is 0 Å². The normalized spacial score (nSPS) is 12.5. The molecule has 2 aromatic rings. The van der Waals surface area contributed by atoms with Crippen molar-refractivity contribution in [1.29, 1.82) is 0 Å². The molecule has 1 unspecified atom stereocenters. The zero-order valence-electron chi connectivity index (χ0n) is 12.1. The van der Waals surface area contributed by atoms with E-state index in [0.717, 1.165) is 21.3 Å². The average molecular weight is 334 g/mol. The van der Waals surface area contributed by atoms with Crippen LogP contribution >= 0.6 is 15.9 Å². The van der Waals surface area contributed by atoms with Gasteiger partial charge in [-0.1, -0.05) is 34.1 Å². The molecule has 0 bridgehead atoms. The van der Waals surface area contributed by atoms with Crippen LogP contribution in [0.4, 0.5) is 0 Å². The van der Waals surface area contributed by atoms with Crippen LogP contribution in [0.15, 0.2) is 46.9 Å². The maximum absolute atomic E-state index is 6.38. The molecule has 0 fully saturated rings. The lowest BCUT2D eigenvalue weighted by molar-refractivity contribution is 0.242. The van der Waals surface area contributed by atoms with E-state index in [-0.39, 0.29) is 12.1 Å². The van der Waals surface area contributed by atoms with Crippen LogP contribution < -0.4 is 10.5 Å². The van der Waals surface area contributed by atoms with Gasteiger partial charge in [-0.25, -0.2) is 0 Å². The van der Waals surface area contributed by atoms with E-state index in [0.29, 0.717) is 0 Å². The number of halogens is 1. The van der Waals surface area contributed by atoms with Gasteiger partial charge in [0, 0.05) is 4.47 Å². The standard InChI is InChI=1S/C17H20BrNO/c1-11(2)20-15-8-5-13(6-9-15)17(19)16-10-14(18)7-4-12(16)3/h4-11,17H,19H2,1-3H3. The minimum atomic E-state index is -0.124. The van der Waals surface area contributed by atoms with Crippen molar-refractivity contribution in [1.82, 2.24) is 0 Å². The monoisotopic (exact) mass is 333 g/mol. The first-order chi connectivity index (χ1) is 9.47. The van der Waals surface area contributed by atoms with E-state index < -0.39 is 0 Å². The molecule has 106 valence electrons. The highest BCUT2D eigenvalue weighted by Gasteiger charge is 2.12. The van der Waals surface area contributed by atoms with E-state index >= 15 is 0 Å². The maximum atomic E-state index is 6.38. The van der Waals surface area contributed by atoms with E-state index in [1.165, 1.54) is 5.56 Å². The average Bonchev–Trinajstić information content (AvgIpc) is 2.41. The zero-order valence-corrected chi connectivity index (χ0v) is 13.6. The summed E-state index contributed by atoms with van der Waals surface area (Å²) in [6.45, 7) is 6.12. The van der Waals surface area contributed by atoms with E-state index in [9.17, 15) is 0 Å². The second-order valence-electron chi connectivity index (χ2n) is 5.21. The van der Waals surface area contributed by atoms with Gasteiger partial charge in [-0.05, 0) is 61.7 Å². The van der Waals surface area contributed by atoms with Gasteiger partial charge in [0.1, 0.15) is 5.75 Å². The molecule has 0 saturated carbocycles. The van der Waals surface area contributed by atoms with E-state index in [1.54, 1.807) is 0 Å². The van der Waals surface area contributed by atoms with Crippen LogP contribution in [0, 0.1) is 6.92 Å². The molecule has 3 heteroatoms. The van der Waals surface area contributed by atoms with Crippen LogP contribution in [0.1, 0.15) is 36.6 Å². The van der Waals surface area contributed by atoms with Crippen LogP contribution in [-0.4, -0.2) is 6.10 Å². The third-order valence-corrected chi connectivity index (χ3v) is 3.68. The van der Waals surface area contributed by atoms with Crippen molar-refractivity contribution in [3.8, 4) is 5.75 Å². The van der Waals surface area contributed by atoms with Crippen molar-refractivity contribution in [2.75, 3.05) is 0 Å². The van der Waals surface area contributed by atoms with Crippen LogP contribution in [0.3, 0.4) is 0 Å². The SMILES string of the molecule is Cc1ccc(Br)cc1C(N)c1ccc(OC(C)C)cc1. The minimum absolute atomic E-state index is 0.124. The lowest BCUT2D eigenvalue weighted by atomic mass is 9.96. The van der Waals surface area contributed by atoms with Gasteiger partial charge in [0.15, 0.2) is 0 Å². The zero-order chi connectivity index (χ0) is 14.7. The predicted molar refractivity (Wildman–Crippen MR) is 87.1 cm³/mol. The summed E-state index contributed by atoms with van der Waals surface area (Å²) in [5, 5.41) is 0. The molecule has 0 spiro atoms. The quantitative estimate of drug-likeness (QED) is 0.887. The van der Waals surface area contributed by atoms with E-state index in [2.05, 4.69) is 35.0 Å². The molecule has 0 aromatic heterocycles. The molecule has 0 saturated heterocycles. The first kappa shape index (κ1) is 15.1. The Morgan fingerprint density at radius 2 is 1.70 bits per heavy atom. The minimum Gasteiger partial charge on any atom is -0.491 e. The fourth-order valence-electron chi connectivity index (χ4n) is 2.15. The molecule has 2 rings (SSSR count). The Labute approximate surface area is 129 Å². The van der Waals surface area contributed by atoms with Crippen LogP contribution in [0.25, 0.3) is 0 Å². The highest BCUT2D eigenvalue weighted by atomic mass is 79.9. The third-order valence-electron chi connectivity index (χ3n) is 3.19. The topological polar surface area (TPSA) is 35.2 Å². The number of hydrogen-bond donors (Lipinski definition) is 1. The molecule has 2 aromatic carbocycles. The van der Waals surface area contributed by atoms with Crippen molar-refractivity contribution >= 4 is 15.9 Å². The summed E-state index contributed by atoms with van der Waals surface area (Å²) in [7, 11) is 0. The smallest absolute Gasteiger partial charge is 0.119 e. The van der Waals surface area contributed by atoms with Crippen LogP contribution in [0.2, 0.25) is 0 Å². The van der Waals surface area contributed by atoms with Crippen molar-refractivity contribution in [3.05, 3.63) is 63.6 Å². The summed E-state index contributed by atoms with van der Waals surface area (Å²) in [6, 6.07) is 14.1. The van der Waals surface area contributed by atoms with Gasteiger partial charge >= 0.3 is 0 Å². The Kier molecular flexibility index (Phi) is 4.84. The summed E-state index contributed by atoms with van der Waals surface area (Å²) >= 11 is 3.50. The molecule has 2 N–H and O–H groups in total. The Morgan fingerprint density at radius 3 is 2.30 bits per heavy atom. The number of hydrogen-bond acceptors (Lipinski definition) is 2. The van der Waals surface area contributed by atoms with E-state index in [4.69, 9.17) is 10.5 Å². The molecule has 0 amide bonds. The molecule has 0 aliphatic rings. The Hall–Kier alpha value is -1.32. The van der Waals surface area contributed by atoms with Crippen molar-refractivity contribution in [3.63, 3.8) is 0 Å². The fraction of sp³-hybridized carbons (Fsp3) is 0.294. The van der Waals surface area contributed by atoms with Gasteiger partial charge in [-0.15, -0.1) is 0 Å². The first-order valence-corrected chi connectivity index (χ1v) is 7.55. The summed E-state index contributed by atoms with van der Waals surface area (Å²) < 4.78 is 6.70. The second-order valence-corrected chi connectivity index (χ2v) is 6.13. The molecule has 0 radical (unpaired) electrons. The molecule has 20 heavy (non-hydrogen) atoms. The van der Waals surface area contributed by atoms with Gasteiger partial charge in [-0.2, -0.15) is 0 Å². The molecule has 1 atom stereocenters. The second kappa shape index (κ2) is 6.42. The maximum Gasteiger partial charge on any atom is 0.119 e. The molecular formula is C17H20BrNO. The Morgan fingerprint density at radius 1 is 1.05 bits per heavy atom. The fourth-order valence-corrected chi connectivity index (χ4v) is 2.53. The van der Waals surface area contributed by atoms with Crippen molar-refractivity contribution in [2.24, 2.45) is 5.73 Å². The number of rotatable bonds is 4. The molecule has 0 aliphatic carbocycles. The van der Waals surface area contributed by atoms with E-state index in [1.807, 2.05) is 44.2 Å². The van der Waals surface area contributed by atoms with Crippen LogP contribution in [0.5, 0.6) is 5.75 Å². The Bertz CT molecular complexity index is 578. The molecule has 0 heterocycles. The first-order valence-electron chi connectivity index (χ1n) is 6.75. The molecule has 0 aliphatic heterocycles. The van der Waals surface area contributed by atoms with Gasteiger partial charge < -0.3 is 10.5 Å². The lowest BCUT2D eigenvalue weighted by Crippen LogP contribution is -2.13. The molecular weight excluding hydrogens is 314 g/mol. The van der Waals surface area contributed by atoms with Crippen molar-refractivity contribution < 1.29 is 4.74 Å². The Balaban J connectivity index is 2.24. The van der Waals surface area contributed by atoms with Crippen LogP contribution in [-0.2, 0) is 0 Å². The summed E-state index contributed by atoms with van der Waals surface area (Å²) in [5.41, 5.74) is 9.79.